The van der Waals surface area contributed by atoms with Crippen molar-refractivity contribution in [3.8, 4) is 0 Å². The second-order valence-electron chi connectivity index (χ2n) is 6.15. The monoisotopic (exact) mass is 278 g/mol. The Labute approximate surface area is 126 Å². The highest BCUT2D eigenvalue weighted by Gasteiger charge is 2.26. The van der Waals surface area contributed by atoms with Crippen LogP contribution in [-0.4, -0.2) is 13.1 Å². The molecule has 0 unspecified atom stereocenters. The minimum atomic E-state index is 0.471. The molecular formula is C19H22N2. The Morgan fingerprint density at radius 3 is 1.71 bits per heavy atom. The van der Waals surface area contributed by atoms with E-state index in [4.69, 9.17) is 0 Å². The van der Waals surface area contributed by atoms with Gasteiger partial charge in [-0.05, 0) is 54.6 Å². The maximum absolute atomic E-state index is 3.71. The summed E-state index contributed by atoms with van der Waals surface area (Å²) in [5, 5.41) is 7.43. The van der Waals surface area contributed by atoms with Gasteiger partial charge in [-0.25, -0.2) is 0 Å². The summed E-state index contributed by atoms with van der Waals surface area (Å²) in [7, 11) is 0. The van der Waals surface area contributed by atoms with Crippen LogP contribution in [0.1, 0.15) is 40.8 Å². The molecule has 2 N–H and O–H groups in total. The van der Waals surface area contributed by atoms with Gasteiger partial charge in [0.2, 0.25) is 0 Å². The van der Waals surface area contributed by atoms with Crippen LogP contribution in [-0.2, 0) is 12.8 Å². The third-order valence-electron chi connectivity index (χ3n) is 4.90. The molecule has 0 saturated carbocycles. The van der Waals surface area contributed by atoms with Gasteiger partial charge in [0, 0.05) is 12.1 Å². The highest BCUT2D eigenvalue weighted by molar-refractivity contribution is 5.35. The molecule has 0 bridgehead atoms. The molecule has 0 aliphatic carbocycles. The van der Waals surface area contributed by atoms with Gasteiger partial charge in [-0.2, -0.15) is 0 Å². The lowest BCUT2D eigenvalue weighted by Crippen LogP contribution is -2.36. The zero-order valence-corrected chi connectivity index (χ0v) is 12.3. The Morgan fingerprint density at radius 1 is 0.714 bits per heavy atom. The summed E-state index contributed by atoms with van der Waals surface area (Å²) in [5.41, 5.74) is 6.03. The van der Waals surface area contributed by atoms with Crippen molar-refractivity contribution in [1.82, 2.24) is 10.6 Å². The van der Waals surface area contributed by atoms with Crippen molar-refractivity contribution in [2.24, 2.45) is 0 Å². The maximum Gasteiger partial charge on any atom is 0.0341 e. The number of hydrogen-bond donors (Lipinski definition) is 2. The first-order valence-electron chi connectivity index (χ1n) is 8.04. The van der Waals surface area contributed by atoms with Crippen LogP contribution in [0.25, 0.3) is 0 Å². The minimum Gasteiger partial charge on any atom is -0.310 e. The molecule has 0 fully saturated rings. The molecule has 0 aromatic heterocycles. The molecule has 0 amide bonds. The smallest absolute Gasteiger partial charge is 0.0341 e. The van der Waals surface area contributed by atoms with E-state index in [0.29, 0.717) is 12.1 Å². The quantitative estimate of drug-likeness (QED) is 0.882. The fourth-order valence-electron chi connectivity index (χ4n) is 3.84. The highest BCUT2D eigenvalue weighted by atomic mass is 15.0. The molecule has 2 aromatic rings. The molecule has 2 heterocycles. The van der Waals surface area contributed by atoms with Crippen LogP contribution >= 0.6 is 0 Å². The van der Waals surface area contributed by atoms with Crippen molar-refractivity contribution < 1.29 is 0 Å². The second-order valence-corrected chi connectivity index (χ2v) is 6.15. The molecule has 2 aromatic carbocycles. The number of hydrogen-bond acceptors (Lipinski definition) is 2. The standard InChI is InChI=1S/C19H22N2/c1-3-7-16-14(5-1)9-11-20-18(16)13-19-17-8-4-2-6-15(17)10-12-21-19/h1-8,18-21H,9-13H2/t18-,19-/m1/s1. The zero-order chi connectivity index (χ0) is 14.1. The average Bonchev–Trinajstić information content (AvgIpc) is 2.56. The van der Waals surface area contributed by atoms with Gasteiger partial charge in [0.15, 0.2) is 0 Å². The van der Waals surface area contributed by atoms with Gasteiger partial charge < -0.3 is 10.6 Å². The van der Waals surface area contributed by atoms with E-state index in [1.54, 1.807) is 0 Å². The highest BCUT2D eigenvalue weighted by Crippen LogP contribution is 2.33. The first-order chi connectivity index (χ1) is 10.4. The normalized spacial score (nSPS) is 24.2. The molecule has 2 atom stereocenters. The summed E-state index contributed by atoms with van der Waals surface area (Å²) in [5.74, 6) is 0. The number of benzene rings is 2. The average molecular weight is 278 g/mol. The topological polar surface area (TPSA) is 24.1 Å². The summed E-state index contributed by atoms with van der Waals surface area (Å²) in [6, 6.07) is 18.8. The SMILES string of the molecule is c1ccc2c(c1)CCN[C@@H]2C[C@H]1NCCc2ccccc21. The third kappa shape index (κ3) is 2.50. The Hall–Kier alpha value is -1.64. The van der Waals surface area contributed by atoms with Crippen molar-refractivity contribution in [1.29, 1.82) is 0 Å². The predicted molar refractivity (Wildman–Crippen MR) is 86.4 cm³/mol. The van der Waals surface area contributed by atoms with Crippen molar-refractivity contribution in [2.75, 3.05) is 13.1 Å². The van der Waals surface area contributed by atoms with Crippen LogP contribution in [0.5, 0.6) is 0 Å². The number of fused-ring (bicyclic) bond motifs is 2. The largest absolute Gasteiger partial charge is 0.310 e. The Balaban J connectivity index is 1.61. The lowest BCUT2D eigenvalue weighted by atomic mass is 9.85. The first kappa shape index (κ1) is 13.1. The first-order valence-corrected chi connectivity index (χ1v) is 8.04. The van der Waals surface area contributed by atoms with E-state index < -0.39 is 0 Å². The van der Waals surface area contributed by atoms with Crippen LogP contribution in [0.15, 0.2) is 48.5 Å². The van der Waals surface area contributed by atoms with Crippen LogP contribution in [0.4, 0.5) is 0 Å². The van der Waals surface area contributed by atoms with Crippen molar-refractivity contribution in [3.05, 3.63) is 70.8 Å². The van der Waals surface area contributed by atoms with Gasteiger partial charge in [0.25, 0.3) is 0 Å². The molecule has 0 radical (unpaired) electrons. The summed E-state index contributed by atoms with van der Waals surface area (Å²) >= 11 is 0. The van der Waals surface area contributed by atoms with Crippen LogP contribution in [0.3, 0.4) is 0 Å². The molecule has 4 rings (SSSR count). The molecule has 108 valence electrons. The van der Waals surface area contributed by atoms with Crippen molar-refractivity contribution in [2.45, 2.75) is 31.3 Å². The van der Waals surface area contributed by atoms with Crippen LogP contribution in [0, 0.1) is 0 Å². The van der Waals surface area contributed by atoms with Gasteiger partial charge in [0.05, 0.1) is 0 Å². The number of nitrogens with one attached hydrogen (secondary N) is 2. The van der Waals surface area contributed by atoms with E-state index in [1.807, 2.05) is 0 Å². The fraction of sp³-hybridized carbons (Fsp3) is 0.368. The van der Waals surface area contributed by atoms with Gasteiger partial charge in [-0.15, -0.1) is 0 Å². The zero-order valence-electron chi connectivity index (χ0n) is 12.3. The van der Waals surface area contributed by atoms with E-state index in [2.05, 4.69) is 59.2 Å². The Bertz CT molecular complexity index is 579. The summed E-state index contributed by atoms with van der Waals surface area (Å²) in [6.07, 6.45) is 3.44. The van der Waals surface area contributed by atoms with E-state index in [-0.39, 0.29) is 0 Å². The Morgan fingerprint density at radius 2 is 1.19 bits per heavy atom. The molecule has 0 saturated heterocycles. The molecule has 0 spiro atoms. The predicted octanol–water partition coefficient (Wildman–Crippen LogP) is 3.15. The van der Waals surface area contributed by atoms with E-state index in [0.717, 1.165) is 32.4 Å². The molecular weight excluding hydrogens is 256 g/mol. The lowest BCUT2D eigenvalue weighted by Gasteiger charge is -2.33. The summed E-state index contributed by atoms with van der Waals surface area (Å²) in [6.45, 7) is 2.19. The van der Waals surface area contributed by atoms with Crippen LogP contribution < -0.4 is 10.6 Å². The third-order valence-corrected chi connectivity index (χ3v) is 4.90. The van der Waals surface area contributed by atoms with Crippen molar-refractivity contribution >= 4 is 0 Å². The lowest BCUT2D eigenvalue weighted by molar-refractivity contribution is 0.384. The summed E-state index contributed by atoms with van der Waals surface area (Å²) < 4.78 is 0. The van der Waals surface area contributed by atoms with Gasteiger partial charge in [-0.1, -0.05) is 48.5 Å². The van der Waals surface area contributed by atoms with Crippen molar-refractivity contribution in [3.63, 3.8) is 0 Å². The summed E-state index contributed by atoms with van der Waals surface area (Å²) in [4.78, 5) is 0. The molecule has 2 heteroatoms. The molecule has 21 heavy (non-hydrogen) atoms. The fourth-order valence-corrected chi connectivity index (χ4v) is 3.84. The minimum absolute atomic E-state index is 0.471. The van der Waals surface area contributed by atoms with Gasteiger partial charge in [-0.3, -0.25) is 0 Å². The van der Waals surface area contributed by atoms with Crippen LogP contribution in [0.2, 0.25) is 0 Å². The molecule has 2 aliphatic rings. The van der Waals surface area contributed by atoms with E-state index >= 15 is 0 Å². The van der Waals surface area contributed by atoms with Gasteiger partial charge >= 0.3 is 0 Å². The molecule has 2 aliphatic heterocycles. The van der Waals surface area contributed by atoms with E-state index in [9.17, 15) is 0 Å². The second kappa shape index (κ2) is 5.63. The van der Waals surface area contributed by atoms with E-state index in [1.165, 1.54) is 22.3 Å². The molecule has 2 nitrogen and oxygen atoms in total. The number of rotatable bonds is 2. The van der Waals surface area contributed by atoms with Gasteiger partial charge in [0.1, 0.15) is 0 Å². The maximum atomic E-state index is 3.71. The Kier molecular flexibility index (Phi) is 3.50.